The quantitative estimate of drug-likeness (QED) is 0.881. The van der Waals surface area contributed by atoms with E-state index in [9.17, 15) is 9.90 Å². The lowest BCUT2D eigenvalue weighted by atomic mass is 9.68. The third-order valence-corrected chi connectivity index (χ3v) is 4.01. The highest BCUT2D eigenvalue weighted by atomic mass is 16.5. The first-order chi connectivity index (χ1) is 9.13. The molecule has 4 nitrogen and oxygen atoms in total. The van der Waals surface area contributed by atoms with Gasteiger partial charge in [0.2, 0.25) is 5.91 Å². The number of aliphatic hydroxyl groups is 1. The Balaban J connectivity index is 2.08. The van der Waals surface area contributed by atoms with Gasteiger partial charge in [0.25, 0.3) is 0 Å². The van der Waals surface area contributed by atoms with Crippen LogP contribution in [-0.4, -0.2) is 36.7 Å². The molecule has 1 N–H and O–H groups in total. The highest BCUT2D eigenvalue weighted by Crippen LogP contribution is 2.42. The van der Waals surface area contributed by atoms with Crippen molar-refractivity contribution in [2.75, 3.05) is 20.8 Å². The van der Waals surface area contributed by atoms with Crippen molar-refractivity contribution < 1.29 is 14.6 Å². The van der Waals surface area contributed by atoms with Crippen molar-refractivity contribution >= 4 is 5.91 Å². The highest BCUT2D eigenvalue weighted by molar-refractivity contribution is 5.83. The topological polar surface area (TPSA) is 49.8 Å². The molecule has 4 heteroatoms. The smallest absolute Gasteiger partial charge is 0.231 e. The van der Waals surface area contributed by atoms with Gasteiger partial charge in [-0.05, 0) is 18.9 Å². The number of para-hydroxylation sites is 1. The first-order valence-corrected chi connectivity index (χ1v) is 6.61. The van der Waals surface area contributed by atoms with Gasteiger partial charge in [-0.25, -0.2) is 0 Å². The molecule has 0 bridgehead atoms. The average molecular weight is 263 g/mol. The summed E-state index contributed by atoms with van der Waals surface area (Å²) in [6.45, 7) is 0.451. The number of aliphatic hydroxyl groups excluding tert-OH is 1. The maximum absolute atomic E-state index is 12.4. The van der Waals surface area contributed by atoms with Gasteiger partial charge in [-0.2, -0.15) is 0 Å². The molecule has 0 radical (unpaired) electrons. The number of hydrogen-bond acceptors (Lipinski definition) is 3. The van der Waals surface area contributed by atoms with E-state index in [1.807, 2.05) is 24.3 Å². The zero-order valence-corrected chi connectivity index (χ0v) is 11.6. The van der Waals surface area contributed by atoms with Crippen LogP contribution in [0, 0.1) is 5.41 Å². The fourth-order valence-electron chi connectivity index (χ4n) is 2.61. The van der Waals surface area contributed by atoms with Gasteiger partial charge in [0.15, 0.2) is 0 Å². The van der Waals surface area contributed by atoms with Crippen LogP contribution in [0.4, 0.5) is 0 Å². The first kappa shape index (κ1) is 13.9. The molecular weight excluding hydrogens is 242 g/mol. The van der Waals surface area contributed by atoms with Crippen molar-refractivity contribution in [3.8, 4) is 5.75 Å². The Labute approximate surface area is 114 Å². The second-order valence-corrected chi connectivity index (χ2v) is 5.27. The predicted molar refractivity (Wildman–Crippen MR) is 72.8 cm³/mol. The van der Waals surface area contributed by atoms with Crippen LogP contribution in [-0.2, 0) is 11.3 Å². The van der Waals surface area contributed by atoms with Gasteiger partial charge in [0.1, 0.15) is 5.75 Å². The second kappa shape index (κ2) is 5.61. The van der Waals surface area contributed by atoms with E-state index < -0.39 is 5.41 Å². The van der Waals surface area contributed by atoms with Crippen LogP contribution in [0.25, 0.3) is 0 Å². The number of benzene rings is 1. The van der Waals surface area contributed by atoms with Gasteiger partial charge < -0.3 is 14.7 Å². The summed E-state index contributed by atoms with van der Waals surface area (Å²) in [6, 6.07) is 7.68. The maximum atomic E-state index is 12.4. The minimum atomic E-state index is -0.531. The van der Waals surface area contributed by atoms with Crippen LogP contribution in [0.15, 0.2) is 24.3 Å². The summed E-state index contributed by atoms with van der Waals surface area (Å²) in [5.74, 6) is 0.820. The molecule has 104 valence electrons. The fraction of sp³-hybridized carbons (Fsp3) is 0.533. The summed E-state index contributed by atoms with van der Waals surface area (Å²) in [5, 5.41) is 9.45. The van der Waals surface area contributed by atoms with E-state index in [1.165, 1.54) is 0 Å². The molecule has 2 rings (SSSR count). The molecule has 0 atom stereocenters. The highest BCUT2D eigenvalue weighted by Gasteiger charge is 2.45. The van der Waals surface area contributed by atoms with E-state index in [-0.39, 0.29) is 12.5 Å². The van der Waals surface area contributed by atoms with E-state index in [2.05, 4.69) is 0 Å². The number of methoxy groups -OCH3 is 1. The molecule has 0 unspecified atom stereocenters. The average Bonchev–Trinajstić information content (AvgIpc) is 2.38. The van der Waals surface area contributed by atoms with Gasteiger partial charge >= 0.3 is 0 Å². The third kappa shape index (κ3) is 2.59. The summed E-state index contributed by atoms with van der Waals surface area (Å²) in [4.78, 5) is 14.1. The van der Waals surface area contributed by atoms with E-state index >= 15 is 0 Å². The number of rotatable bonds is 5. The standard InChI is InChI=1S/C15H21NO3/c1-16(14(18)15(11-17)8-5-9-15)10-12-6-3-4-7-13(12)19-2/h3-4,6-7,17H,5,8-11H2,1-2H3. The first-order valence-electron chi connectivity index (χ1n) is 6.61. The van der Waals surface area contributed by atoms with Crippen LogP contribution in [0.3, 0.4) is 0 Å². The molecule has 0 aliphatic heterocycles. The molecule has 1 aromatic rings. The lowest BCUT2D eigenvalue weighted by molar-refractivity contribution is -0.150. The van der Waals surface area contributed by atoms with Crippen molar-refractivity contribution in [1.29, 1.82) is 0 Å². The molecule has 1 aliphatic carbocycles. The third-order valence-electron chi connectivity index (χ3n) is 4.01. The second-order valence-electron chi connectivity index (χ2n) is 5.27. The van der Waals surface area contributed by atoms with Gasteiger partial charge in [-0.15, -0.1) is 0 Å². The molecule has 19 heavy (non-hydrogen) atoms. The summed E-state index contributed by atoms with van der Waals surface area (Å²) < 4.78 is 5.29. The largest absolute Gasteiger partial charge is 0.496 e. The van der Waals surface area contributed by atoms with Crippen LogP contribution >= 0.6 is 0 Å². The summed E-state index contributed by atoms with van der Waals surface area (Å²) in [6.07, 6.45) is 2.60. The van der Waals surface area contributed by atoms with Crippen LogP contribution in [0.1, 0.15) is 24.8 Å². The van der Waals surface area contributed by atoms with Gasteiger partial charge in [0.05, 0.1) is 19.1 Å². The molecule has 0 aromatic heterocycles. The Hall–Kier alpha value is -1.55. The summed E-state index contributed by atoms with van der Waals surface area (Å²) in [5.41, 5.74) is 0.449. The molecule has 0 saturated heterocycles. The summed E-state index contributed by atoms with van der Waals surface area (Å²) in [7, 11) is 3.41. The van der Waals surface area contributed by atoms with Crippen molar-refractivity contribution in [3.63, 3.8) is 0 Å². The maximum Gasteiger partial charge on any atom is 0.231 e. The Morgan fingerprint density at radius 3 is 2.63 bits per heavy atom. The van der Waals surface area contributed by atoms with Crippen molar-refractivity contribution in [2.24, 2.45) is 5.41 Å². The Bertz CT molecular complexity index is 449. The normalized spacial score (nSPS) is 16.6. The zero-order chi connectivity index (χ0) is 13.9. The van der Waals surface area contributed by atoms with Crippen molar-refractivity contribution in [1.82, 2.24) is 4.90 Å². The number of carbonyl (C=O) groups excluding carboxylic acids is 1. The molecule has 1 aliphatic rings. The monoisotopic (exact) mass is 263 g/mol. The van der Waals surface area contributed by atoms with Crippen LogP contribution < -0.4 is 4.74 Å². The SMILES string of the molecule is COc1ccccc1CN(C)C(=O)C1(CO)CCC1. The molecule has 1 amide bonds. The number of carbonyl (C=O) groups is 1. The Morgan fingerprint density at radius 2 is 2.11 bits per heavy atom. The molecule has 0 heterocycles. The lowest BCUT2D eigenvalue weighted by Gasteiger charge is -2.41. The van der Waals surface area contributed by atoms with Crippen molar-refractivity contribution in [3.05, 3.63) is 29.8 Å². The van der Waals surface area contributed by atoms with E-state index in [0.717, 1.165) is 30.6 Å². The van der Waals surface area contributed by atoms with Gasteiger partial charge in [-0.3, -0.25) is 4.79 Å². The lowest BCUT2D eigenvalue weighted by Crippen LogP contribution is -2.48. The van der Waals surface area contributed by atoms with Crippen LogP contribution in [0.5, 0.6) is 5.75 Å². The fourth-order valence-corrected chi connectivity index (χ4v) is 2.61. The summed E-state index contributed by atoms with van der Waals surface area (Å²) >= 11 is 0. The predicted octanol–water partition coefficient (Wildman–Crippen LogP) is 1.82. The molecule has 1 saturated carbocycles. The Morgan fingerprint density at radius 1 is 1.42 bits per heavy atom. The zero-order valence-electron chi connectivity index (χ0n) is 11.6. The molecular formula is C15H21NO3. The minimum absolute atomic E-state index is 0.0344. The van der Waals surface area contributed by atoms with E-state index in [4.69, 9.17) is 4.74 Å². The van der Waals surface area contributed by atoms with Crippen molar-refractivity contribution in [2.45, 2.75) is 25.8 Å². The number of nitrogens with zero attached hydrogens (tertiary/aromatic N) is 1. The molecule has 1 fully saturated rings. The number of ether oxygens (including phenoxy) is 1. The molecule has 1 aromatic carbocycles. The number of amides is 1. The van der Waals surface area contributed by atoms with E-state index in [1.54, 1.807) is 19.1 Å². The minimum Gasteiger partial charge on any atom is -0.496 e. The van der Waals surface area contributed by atoms with Crippen LogP contribution in [0.2, 0.25) is 0 Å². The number of hydrogen-bond donors (Lipinski definition) is 1. The van der Waals surface area contributed by atoms with Gasteiger partial charge in [-0.1, -0.05) is 24.6 Å². The van der Waals surface area contributed by atoms with E-state index in [0.29, 0.717) is 6.54 Å². The molecule has 0 spiro atoms. The van der Waals surface area contributed by atoms with Gasteiger partial charge in [0, 0.05) is 19.2 Å². The Kier molecular flexibility index (Phi) is 4.10.